The van der Waals surface area contributed by atoms with Crippen molar-refractivity contribution in [1.82, 2.24) is 0 Å². The fourth-order valence-electron chi connectivity index (χ4n) is 3.06. The SMILES string of the molecule is CCCCCCCCCC(C)/C(CC)=C(/C(C)=O)C(=O)OCC. The van der Waals surface area contributed by atoms with Crippen LogP contribution in [-0.4, -0.2) is 18.4 Å². The number of unbranched alkanes of at least 4 members (excludes halogenated alkanes) is 6. The number of rotatable bonds is 13. The van der Waals surface area contributed by atoms with Crippen molar-refractivity contribution < 1.29 is 14.3 Å². The van der Waals surface area contributed by atoms with Crippen molar-refractivity contribution in [3.05, 3.63) is 11.1 Å². The molecule has 3 heteroatoms. The van der Waals surface area contributed by atoms with E-state index in [1.165, 1.54) is 45.4 Å². The third-order valence-corrected chi connectivity index (χ3v) is 4.37. The second-order valence-electron chi connectivity index (χ2n) is 6.34. The van der Waals surface area contributed by atoms with Crippen molar-refractivity contribution in [3.63, 3.8) is 0 Å². The minimum absolute atomic E-state index is 0.174. The summed E-state index contributed by atoms with van der Waals surface area (Å²) in [6, 6.07) is 0. The van der Waals surface area contributed by atoms with Crippen LogP contribution in [0.5, 0.6) is 0 Å². The summed E-state index contributed by atoms with van der Waals surface area (Å²) in [6.07, 6.45) is 10.7. The molecular formula is C20H36O3. The number of hydrogen-bond donors (Lipinski definition) is 0. The lowest BCUT2D eigenvalue weighted by molar-refractivity contribution is -0.140. The molecule has 0 aliphatic heterocycles. The molecular weight excluding hydrogens is 288 g/mol. The lowest BCUT2D eigenvalue weighted by Crippen LogP contribution is -2.18. The summed E-state index contributed by atoms with van der Waals surface area (Å²) >= 11 is 0. The monoisotopic (exact) mass is 324 g/mol. The smallest absolute Gasteiger partial charge is 0.341 e. The Kier molecular flexibility index (Phi) is 12.7. The number of esters is 1. The molecule has 0 heterocycles. The Balaban J connectivity index is 4.57. The van der Waals surface area contributed by atoms with Crippen molar-refractivity contribution in [2.45, 2.75) is 92.4 Å². The van der Waals surface area contributed by atoms with Gasteiger partial charge in [0.2, 0.25) is 0 Å². The molecule has 1 unspecified atom stereocenters. The van der Waals surface area contributed by atoms with Crippen LogP contribution in [0, 0.1) is 5.92 Å². The van der Waals surface area contributed by atoms with E-state index in [1.54, 1.807) is 6.92 Å². The molecule has 0 fully saturated rings. The Morgan fingerprint density at radius 3 is 1.96 bits per heavy atom. The molecule has 0 aromatic carbocycles. The quantitative estimate of drug-likeness (QED) is 0.145. The average Bonchev–Trinajstić information content (AvgIpc) is 2.50. The first-order chi connectivity index (χ1) is 11.0. The highest BCUT2D eigenvalue weighted by Crippen LogP contribution is 2.26. The average molecular weight is 325 g/mol. The second kappa shape index (κ2) is 13.3. The van der Waals surface area contributed by atoms with E-state index in [-0.39, 0.29) is 17.3 Å². The van der Waals surface area contributed by atoms with Crippen LogP contribution in [0.15, 0.2) is 11.1 Å². The van der Waals surface area contributed by atoms with E-state index in [0.29, 0.717) is 6.61 Å². The van der Waals surface area contributed by atoms with Gasteiger partial charge < -0.3 is 4.74 Å². The van der Waals surface area contributed by atoms with Gasteiger partial charge in [-0.25, -0.2) is 4.79 Å². The highest BCUT2D eigenvalue weighted by atomic mass is 16.5. The van der Waals surface area contributed by atoms with E-state index in [2.05, 4.69) is 13.8 Å². The van der Waals surface area contributed by atoms with Crippen LogP contribution >= 0.6 is 0 Å². The number of Topliss-reactive ketones (excluding diaryl/α,β-unsaturated/α-hetero) is 1. The number of carbonyl (C=O) groups excluding carboxylic acids is 2. The standard InChI is InChI=1S/C20H36O3/c1-6-9-10-11-12-13-14-15-16(4)18(7-2)19(17(5)21)20(22)23-8-3/h16H,6-15H2,1-5H3/b19-18-. The van der Waals surface area contributed by atoms with E-state index < -0.39 is 5.97 Å². The lowest BCUT2D eigenvalue weighted by Gasteiger charge is -2.18. The maximum atomic E-state index is 12.1. The summed E-state index contributed by atoms with van der Waals surface area (Å²) < 4.78 is 5.06. The molecule has 23 heavy (non-hydrogen) atoms. The van der Waals surface area contributed by atoms with Gasteiger partial charge in [0, 0.05) is 0 Å². The fraction of sp³-hybridized carbons (Fsp3) is 0.800. The van der Waals surface area contributed by atoms with E-state index in [0.717, 1.165) is 24.8 Å². The molecule has 3 nitrogen and oxygen atoms in total. The molecule has 1 atom stereocenters. The lowest BCUT2D eigenvalue weighted by atomic mass is 9.88. The summed E-state index contributed by atoms with van der Waals surface area (Å²) in [5, 5.41) is 0. The van der Waals surface area contributed by atoms with Crippen LogP contribution in [0.1, 0.15) is 92.4 Å². The zero-order chi connectivity index (χ0) is 17.7. The molecule has 0 amide bonds. The van der Waals surface area contributed by atoms with Gasteiger partial charge in [0.05, 0.1) is 6.61 Å². The van der Waals surface area contributed by atoms with Gasteiger partial charge in [-0.3, -0.25) is 4.79 Å². The number of ether oxygens (including phenoxy) is 1. The molecule has 0 N–H and O–H groups in total. The molecule has 0 saturated carbocycles. The largest absolute Gasteiger partial charge is 0.462 e. The number of hydrogen-bond acceptors (Lipinski definition) is 3. The van der Waals surface area contributed by atoms with Crippen LogP contribution in [-0.2, 0) is 14.3 Å². The number of carbonyl (C=O) groups is 2. The highest BCUT2D eigenvalue weighted by Gasteiger charge is 2.23. The van der Waals surface area contributed by atoms with Gasteiger partial charge in [-0.15, -0.1) is 0 Å². The van der Waals surface area contributed by atoms with Crippen molar-refractivity contribution in [1.29, 1.82) is 0 Å². The van der Waals surface area contributed by atoms with Gasteiger partial charge in [0.15, 0.2) is 5.78 Å². The van der Waals surface area contributed by atoms with Gasteiger partial charge in [0.25, 0.3) is 0 Å². The summed E-state index contributed by atoms with van der Waals surface area (Å²) in [5.74, 6) is -0.367. The first-order valence-corrected chi connectivity index (χ1v) is 9.40. The molecule has 0 spiro atoms. The summed E-state index contributed by atoms with van der Waals surface area (Å²) in [5.41, 5.74) is 1.24. The zero-order valence-electron chi connectivity index (χ0n) is 15.9. The normalized spacial score (nSPS) is 13.4. The third-order valence-electron chi connectivity index (χ3n) is 4.37. The first-order valence-electron chi connectivity index (χ1n) is 9.40. The van der Waals surface area contributed by atoms with Gasteiger partial charge in [-0.05, 0) is 38.2 Å². The Morgan fingerprint density at radius 1 is 0.913 bits per heavy atom. The van der Waals surface area contributed by atoms with Gasteiger partial charge in [-0.1, -0.05) is 65.7 Å². The molecule has 0 radical (unpaired) electrons. The maximum absolute atomic E-state index is 12.1. The molecule has 0 aromatic rings. The first kappa shape index (κ1) is 21.9. The second-order valence-corrected chi connectivity index (χ2v) is 6.34. The molecule has 0 aliphatic rings. The van der Waals surface area contributed by atoms with Gasteiger partial charge in [-0.2, -0.15) is 0 Å². The molecule has 0 aliphatic carbocycles. The Morgan fingerprint density at radius 2 is 1.48 bits per heavy atom. The van der Waals surface area contributed by atoms with E-state index in [1.807, 2.05) is 6.92 Å². The van der Waals surface area contributed by atoms with Crippen LogP contribution < -0.4 is 0 Å². The molecule has 0 saturated heterocycles. The van der Waals surface area contributed by atoms with E-state index in [9.17, 15) is 9.59 Å². The summed E-state index contributed by atoms with van der Waals surface area (Å²) in [6.45, 7) is 9.90. The minimum atomic E-state index is -0.455. The molecule has 0 aromatic heterocycles. The Labute approximate surface area is 142 Å². The van der Waals surface area contributed by atoms with Crippen molar-refractivity contribution in [3.8, 4) is 0 Å². The molecule has 0 bridgehead atoms. The number of ketones is 1. The van der Waals surface area contributed by atoms with Crippen LogP contribution in [0.2, 0.25) is 0 Å². The topological polar surface area (TPSA) is 43.4 Å². The molecule has 0 rings (SSSR count). The third kappa shape index (κ3) is 8.92. The van der Waals surface area contributed by atoms with Crippen molar-refractivity contribution in [2.75, 3.05) is 6.61 Å². The van der Waals surface area contributed by atoms with E-state index >= 15 is 0 Å². The van der Waals surface area contributed by atoms with E-state index in [4.69, 9.17) is 4.74 Å². The van der Waals surface area contributed by atoms with Crippen LogP contribution in [0.3, 0.4) is 0 Å². The van der Waals surface area contributed by atoms with Crippen molar-refractivity contribution >= 4 is 11.8 Å². The van der Waals surface area contributed by atoms with Crippen molar-refractivity contribution in [2.24, 2.45) is 5.92 Å². The maximum Gasteiger partial charge on any atom is 0.341 e. The summed E-state index contributed by atoms with van der Waals surface area (Å²) in [7, 11) is 0. The Hall–Kier alpha value is -1.12. The highest BCUT2D eigenvalue weighted by molar-refractivity contribution is 6.17. The summed E-state index contributed by atoms with van der Waals surface area (Å²) in [4.78, 5) is 23.9. The van der Waals surface area contributed by atoms with Gasteiger partial charge in [0.1, 0.15) is 5.57 Å². The van der Waals surface area contributed by atoms with Crippen LogP contribution in [0.25, 0.3) is 0 Å². The zero-order valence-corrected chi connectivity index (χ0v) is 15.9. The number of allylic oxidation sites excluding steroid dienone is 1. The predicted molar refractivity (Wildman–Crippen MR) is 96.4 cm³/mol. The fourth-order valence-corrected chi connectivity index (χ4v) is 3.06. The van der Waals surface area contributed by atoms with Gasteiger partial charge >= 0.3 is 5.97 Å². The molecule has 134 valence electrons. The van der Waals surface area contributed by atoms with Crippen LogP contribution in [0.4, 0.5) is 0 Å². The predicted octanol–water partition coefficient (Wildman–Crippen LogP) is 5.62. The minimum Gasteiger partial charge on any atom is -0.462 e. The Bertz CT molecular complexity index is 382.